The third kappa shape index (κ3) is 2.45. The number of hydrogen-bond donors (Lipinski definition) is 1. The summed E-state index contributed by atoms with van der Waals surface area (Å²) in [4.78, 5) is 14.0. The third-order valence-corrected chi connectivity index (χ3v) is 5.76. The van der Waals surface area contributed by atoms with E-state index in [1.165, 1.54) is 10.6 Å². The molecule has 1 amide bonds. The number of nitrogens with zero attached hydrogens (tertiary/aromatic N) is 2. The monoisotopic (exact) mass is 304 g/mol. The second kappa shape index (κ2) is 4.94. The van der Waals surface area contributed by atoms with Crippen LogP contribution in [-0.4, -0.2) is 79.4 Å². The second-order valence-corrected chi connectivity index (χ2v) is 7.85. The van der Waals surface area contributed by atoms with Crippen LogP contribution in [0.3, 0.4) is 0 Å². The average molecular weight is 304 g/mol. The van der Waals surface area contributed by atoms with E-state index in [1.807, 2.05) is 0 Å². The van der Waals surface area contributed by atoms with E-state index in [0.29, 0.717) is 39.1 Å². The van der Waals surface area contributed by atoms with Gasteiger partial charge in [0.2, 0.25) is 15.9 Å². The number of hydrogen-bond acceptors (Lipinski definition) is 5. The van der Waals surface area contributed by atoms with E-state index in [-0.39, 0.29) is 30.1 Å². The summed E-state index contributed by atoms with van der Waals surface area (Å²) in [6.07, 6.45) is 1.63. The molecule has 7 nitrogen and oxygen atoms in total. The van der Waals surface area contributed by atoms with E-state index in [9.17, 15) is 18.3 Å². The zero-order chi connectivity index (χ0) is 14.5. The van der Waals surface area contributed by atoms with Gasteiger partial charge in [0.25, 0.3) is 0 Å². The largest absolute Gasteiger partial charge is 0.393 e. The molecular weight excluding hydrogens is 284 g/mol. The topological polar surface area (TPSA) is 87.2 Å². The van der Waals surface area contributed by atoms with Crippen molar-refractivity contribution in [2.75, 3.05) is 32.5 Å². The molecule has 0 aromatic rings. The first-order valence-electron chi connectivity index (χ1n) is 6.91. The van der Waals surface area contributed by atoms with E-state index in [4.69, 9.17) is 4.74 Å². The molecule has 1 aliphatic carbocycles. The molecule has 1 saturated carbocycles. The quantitative estimate of drug-likeness (QED) is 0.680. The summed E-state index contributed by atoms with van der Waals surface area (Å²) in [5, 5.41) is 9.28. The molecule has 0 bridgehead atoms. The molecule has 3 rings (SSSR count). The van der Waals surface area contributed by atoms with Crippen LogP contribution in [0, 0.1) is 5.92 Å². The average Bonchev–Trinajstić information content (AvgIpc) is 2.76. The lowest BCUT2D eigenvalue weighted by atomic mass is 9.81. The molecule has 1 N–H and O–H groups in total. The normalized spacial score (nSPS) is 38.4. The van der Waals surface area contributed by atoms with Crippen molar-refractivity contribution in [2.45, 2.75) is 31.1 Å². The fourth-order valence-corrected chi connectivity index (χ4v) is 4.40. The number of carbonyl (C=O) groups is 1. The Morgan fingerprint density at radius 3 is 2.60 bits per heavy atom. The van der Waals surface area contributed by atoms with E-state index >= 15 is 0 Å². The SMILES string of the molecule is CS(=O)(=O)N1CCO[C@H]2CN(C(=O)C3CC(O)C3)C[C@H]21. The van der Waals surface area contributed by atoms with Crippen molar-refractivity contribution in [3.05, 3.63) is 0 Å². The number of likely N-dealkylation sites (tertiary alicyclic amines) is 1. The van der Waals surface area contributed by atoms with Gasteiger partial charge in [-0.15, -0.1) is 0 Å². The van der Waals surface area contributed by atoms with Gasteiger partial charge in [-0.3, -0.25) is 4.79 Å². The number of amides is 1. The maximum absolute atomic E-state index is 12.3. The van der Waals surface area contributed by atoms with Gasteiger partial charge in [-0.2, -0.15) is 4.31 Å². The van der Waals surface area contributed by atoms with E-state index in [1.54, 1.807) is 4.90 Å². The van der Waals surface area contributed by atoms with Gasteiger partial charge in [-0.25, -0.2) is 8.42 Å². The summed E-state index contributed by atoms with van der Waals surface area (Å²) in [6.45, 7) is 1.56. The van der Waals surface area contributed by atoms with Gasteiger partial charge in [0.05, 0.1) is 31.1 Å². The van der Waals surface area contributed by atoms with Crippen LogP contribution in [0.25, 0.3) is 0 Å². The van der Waals surface area contributed by atoms with Crippen LogP contribution in [0.1, 0.15) is 12.8 Å². The van der Waals surface area contributed by atoms with Crippen LogP contribution in [-0.2, 0) is 19.6 Å². The van der Waals surface area contributed by atoms with E-state index < -0.39 is 10.0 Å². The highest BCUT2D eigenvalue weighted by Crippen LogP contribution is 2.32. The molecule has 0 radical (unpaired) electrons. The molecule has 2 atom stereocenters. The Labute approximate surface area is 118 Å². The minimum Gasteiger partial charge on any atom is -0.393 e. The molecule has 2 heterocycles. The fourth-order valence-electron chi connectivity index (χ4n) is 3.30. The predicted octanol–water partition coefficient (Wildman–Crippen LogP) is -1.37. The van der Waals surface area contributed by atoms with Gasteiger partial charge in [0, 0.05) is 25.6 Å². The molecular formula is C12H20N2O5S. The summed E-state index contributed by atoms with van der Waals surface area (Å²) in [7, 11) is -3.27. The van der Waals surface area contributed by atoms with Crippen molar-refractivity contribution >= 4 is 15.9 Å². The first-order chi connectivity index (χ1) is 9.36. The van der Waals surface area contributed by atoms with Crippen molar-refractivity contribution in [1.82, 2.24) is 9.21 Å². The molecule has 3 fully saturated rings. The molecule has 20 heavy (non-hydrogen) atoms. The van der Waals surface area contributed by atoms with Crippen molar-refractivity contribution in [2.24, 2.45) is 5.92 Å². The number of aliphatic hydroxyl groups is 1. The minimum atomic E-state index is -3.27. The highest BCUT2D eigenvalue weighted by atomic mass is 32.2. The zero-order valence-corrected chi connectivity index (χ0v) is 12.3. The molecule has 3 aliphatic rings. The third-order valence-electron chi connectivity index (χ3n) is 4.45. The standard InChI is InChI=1S/C12H20N2O5S/c1-20(17,18)14-2-3-19-11-7-13(6-10(11)14)12(16)8-4-9(15)5-8/h8-11,15H,2-7H2,1H3/t8?,9?,10-,11+/m1/s1. The highest BCUT2D eigenvalue weighted by molar-refractivity contribution is 7.88. The Balaban J connectivity index is 1.69. The summed E-state index contributed by atoms with van der Waals surface area (Å²) >= 11 is 0. The Morgan fingerprint density at radius 1 is 1.30 bits per heavy atom. The van der Waals surface area contributed by atoms with Gasteiger partial charge >= 0.3 is 0 Å². The molecule has 8 heteroatoms. The number of carbonyl (C=O) groups excluding carboxylic acids is 1. The Bertz CT molecular complexity index is 502. The molecule has 0 aromatic heterocycles. The van der Waals surface area contributed by atoms with Crippen molar-refractivity contribution in [3.8, 4) is 0 Å². The van der Waals surface area contributed by atoms with Crippen LogP contribution in [0.5, 0.6) is 0 Å². The van der Waals surface area contributed by atoms with Gasteiger partial charge in [-0.1, -0.05) is 0 Å². The second-order valence-electron chi connectivity index (χ2n) is 5.92. The Hall–Kier alpha value is -0.700. The molecule has 114 valence electrons. The minimum absolute atomic E-state index is 0.0155. The highest BCUT2D eigenvalue weighted by Gasteiger charge is 2.47. The van der Waals surface area contributed by atoms with Gasteiger partial charge in [0.15, 0.2) is 0 Å². The number of aliphatic hydroxyl groups excluding tert-OH is 1. The van der Waals surface area contributed by atoms with Gasteiger partial charge in [0.1, 0.15) is 0 Å². The van der Waals surface area contributed by atoms with Crippen LogP contribution < -0.4 is 0 Å². The number of sulfonamides is 1. The zero-order valence-electron chi connectivity index (χ0n) is 11.4. The van der Waals surface area contributed by atoms with Crippen molar-refractivity contribution in [3.63, 3.8) is 0 Å². The fraction of sp³-hybridized carbons (Fsp3) is 0.917. The van der Waals surface area contributed by atoms with Crippen LogP contribution in [0.2, 0.25) is 0 Å². The Morgan fingerprint density at radius 2 is 2.00 bits per heavy atom. The summed E-state index contributed by atoms with van der Waals surface area (Å²) in [5.74, 6) is -0.0985. The summed E-state index contributed by atoms with van der Waals surface area (Å²) in [5.41, 5.74) is 0. The maximum Gasteiger partial charge on any atom is 0.226 e. The van der Waals surface area contributed by atoms with Crippen molar-refractivity contribution in [1.29, 1.82) is 0 Å². The summed E-state index contributed by atoms with van der Waals surface area (Å²) in [6, 6.07) is -0.271. The first kappa shape index (κ1) is 14.2. The number of rotatable bonds is 2. The first-order valence-corrected chi connectivity index (χ1v) is 8.76. The lowest BCUT2D eigenvalue weighted by Crippen LogP contribution is -2.52. The lowest BCUT2D eigenvalue weighted by Gasteiger charge is -2.34. The molecule has 0 unspecified atom stereocenters. The van der Waals surface area contributed by atoms with E-state index in [0.717, 1.165) is 0 Å². The molecule has 0 spiro atoms. The summed E-state index contributed by atoms with van der Waals surface area (Å²) < 4.78 is 30.6. The lowest BCUT2D eigenvalue weighted by molar-refractivity contribution is -0.141. The number of ether oxygens (including phenoxy) is 1. The van der Waals surface area contributed by atoms with Gasteiger partial charge in [-0.05, 0) is 12.8 Å². The predicted molar refractivity (Wildman–Crippen MR) is 70.4 cm³/mol. The Kier molecular flexibility index (Phi) is 3.52. The molecule has 2 saturated heterocycles. The number of fused-ring (bicyclic) bond motifs is 1. The van der Waals surface area contributed by atoms with Crippen LogP contribution in [0.15, 0.2) is 0 Å². The maximum atomic E-state index is 12.3. The van der Waals surface area contributed by atoms with E-state index in [2.05, 4.69) is 0 Å². The van der Waals surface area contributed by atoms with Gasteiger partial charge < -0.3 is 14.7 Å². The van der Waals surface area contributed by atoms with Crippen molar-refractivity contribution < 1.29 is 23.1 Å². The molecule has 0 aromatic carbocycles. The smallest absolute Gasteiger partial charge is 0.226 e. The molecule has 2 aliphatic heterocycles. The van der Waals surface area contributed by atoms with Crippen LogP contribution in [0.4, 0.5) is 0 Å². The number of morpholine rings is 1. The van der Waals surface area contributed by atoms with Crippen LogP contribution >= 0.6 is 0 Å².